The Morgan fingerprint density at radius 3 is 2.75 bits per heavy atom. The van der Waals surface area contributed by atoms with Crippen LogP contribution in [0.3, 0.4) is 0 Å². The molecule has 0 saturated carbocycles. The number of hydrogen-bond acceptors (Lipinski definition) is 5. The fraction of sp³-hybridized carbons (Fsp3) is 0.350. The van der Waals surface area contributed by atoms with Crippen LogP contribution in [0, 0.1) is 18.3 Å². The van der Waals surface area contributed by atoms with Crippen LogP contribution in [0.15, 0.2) is 47.6 Å². The third kappa shape index (κ3) is 4.21. The van der Waals surface area contributed by atoms with Crippen LogP contribution in [-0.4, -0.2) is 36.7 Å². The number of rotatable bonds is 7. The molecule has 8 heteroatoms. The zero-order chi connectivity index (χ0) is 20.1. The number of amides is 1. The molecule has 0 aliphatic carbocycles. The number of aryl methyl sites for hydroxylation is 1. The highest BCUT2D eigenvalue weighted by Gasteiger charge is 2.28. The van der Waals surface area contributed by atoms with Crippen LogP contribution < -0.4 is 4.90 Å². The number of nitrogens with zero attached hydrogens (tertiary/aromatic N) is 4. The largest absolute Gasteiger partial charge is 0.312 e. The molecule has 0 radical (unpaired) electrons. The average molecular weight is 398 g/mol. The first kappa shape index (κ1) is 20.0. The predicted octanol–water partition coefficient (Wildman–Crippen LogP) is 2.62. The second kappa shape index (κ2) is 8.50. The van der Waals surface area contributed by atoms with Crippen molar-refractivity contribution >= 4 is 21.6 Å². The first-order chi connectivity index (χ1) is 13.4. The number of hydrogen-bond donors (Lipinski definition) is 0. The highest BCUT2D eigenvalue weighted by Crippen LogP contribution is 2.28. The molecule has 0 atom stereocenters. The third-order valence-electron chi connectivity index (χ3n) is 4.72. The Balaban J connectivity index is 1.91. The van der Waals surface area contributed by atoms with Gasteiger partial charge in [0.2, 0.25) is 15.9 Å². The first-order valence-corrected chi connectivity index (χ1v) is 10.5. The summed E-state index contributed by atoms with van der Waals surface area (Å²) in [4.78, 5) is 17.9. The summed E-state index contributed by atoms with van der Waals surface area (Å²) < 4.78 is 27.9. The van der Waals surface area contributed by atoms with Gasteiger partial charge < -0.3 is 4.90 Å². The molecule has 7 nitrogen and oxygen atoms in total. The predicted molar refractivity (Wildman–Crippen MR) is 105 cm³/mol. The van der Waals surface area contributed by atoms with Crippen LogP contribution in [0.25, 0.3) is 0 Å². The van der Waals surface area contributed by atoms with Crippen LogP contribution >= 0.6 is 0 Å². The number of sulfonamides is 1. The third-order valence-corrected chi connectivity index (χ3v) is 6.72. The van der Waals surface area contributed by atoms with E-state index in [0.29, 0.717) is 18.5 Å². The Morgan fingerprint density at radius 2 is 2.14 bits per heavy atom. The van der Waals surface area contributed by atoms with Crippen LogP contribution in [0.2, 0.25) is 0 Å². The van der Waals surface area contributed by atoms with Gasteiger partial charge in [-0.2, -0.15) is 9.57 Å². The molecule has 0 unspecified atom stereocenters. The van der Waals surface area contributed by atoms with Crippen LogP contribution in [0.4, 0.5) is 5.69 Å². The summed E-state index contributed by atoms with van der Waals surface area (Å²) in [5, 5.41) is 8.93. The molecule has 2 aromatic rings. The summed E-state index contributed by atoms with van der Waals surface area (Å²) in [6.45, 7) is 2.62. The van der Waals surface area contributed by atoms with E-state index in [4.69, 9.17) is 5.26 Å². The van der Waals surface area contributed by atoms with E-state index >= 15 is 0 Å². The molecule has 1 saturated heterocycles. The van der Waals surface area contributed by atoms with E-state index in [1.807, 2.05) is 6.07 Å². The summed E-state index contributed by atoms with van der Waals surface area (Å²) in [5.41, 5.74) is 2.04. The number of benzene rings is 1. The van der Waals surface area contributed by atoms with Gasteiger partial charge in [0.15, 0.2) is 0 Å². The van der Waals surface area contributed by atoms with Gasteiger partial charge >= 0.3 is 0 Å². The molecular formula is C20H22N4O3S. The van der Waals surface area contributed by atoms with Crippen molar-refractivity contribution in [2.24, 2.45) is 0 Å². The molecule has 2 heterocycles. The Bertz CT molecular complexity index is 1000. The molecule has 1 aliphatic rings. The van der Waals surface area contributed by atoms with E-state index in [1.54, 1.807) is 54.5 Å². The van der Waals surface area contributed by atoms with Gasteiger partial charge in [0.25, 0.3) is 0 Å². The Morgan fingerprint density at radius 1 is 1.32 bits per heavy atom. The van der Waals surface area contributed by atoms with Crippen molar-refractivity contribution in [3.05, 3.63) is 53.9 Å². The average Bonchev–Trinajstić information content (AvgIpc) is 3.11. The highest BCUT2D eigenvalue weighted by atomic mass is 32.2. The summed E-state index contributed by atoms with van der Waals surface area (Å²) in [6, 6.07) is 10.5. The lowest BCUT2D eigenvalue weighted by Crippen LogP contribution is -2.32. The topological polar surface area (TPSA) is 94.4 Å². The van der Waals surface area contributed by atoms with Crippen LogP contribution in [0.5, 0.6) is 0 Å². The normalized spacial score (nSPS) is 14.5. The maximum absolute atomic E-state index is 13.3. The second-order valence-electron chi connectivity index (χ2n) is 6.71. The lowest BCUT2D eigenvalue weighted by Gasteiger charge is -2.23. The van der Waals surface area contributed by atoms with Gasteiger partial charge in [-0.1, -0.05) is 6.07 Å². The fourth-order valence-corrected chi connectivity index (χ4v) is 4.94. The monoisotopic (exact) mass is 398 g/mol. The molecule has 146 valence electrons. The lowest BCUT2D eigenvalue weighted by atomic mass is 10.2. The number of nitriles is 1. The molecule has 3 rings (SSSR count). The minimum absolute atomic E-state index is 0.0576. The van der Waals surface area contributed by atoms with Gasteiger partial charge in [0.1, 0.15) is 0 Å². The molecule has 0 N–H and O–H groups in total. The van der Waals surface area contributed by atoms with E-state index in [1.165, 1.54) is 4.31 Å². The lowest BCUT2D eigenvalue weighted by molar-refractivity contribution is -0.117. The van der Waals surface area contributed by atoms with Crippen molar-refractivity contribution < 1.29 is 13.2 Å². The number of carbonyl (C=O) groups excluding carboxylic acids is 1. The SMILES string of the molecule is Cc1cc(N2CCCC2=O)ccc1S(=O)(=O)N(CCC#N)Cc1cccnc1. The quantitative estimate of drug-likeness (QED) is 0.715. The van der Waals surface area contributed by atoms with Crippen molar-refractivity contribution in [1.82, 2.24) is 9.29 Å². The van der Waals surface area contributed by atoms with Gasteiger partial charge in [-0.25, -0.2) is 8.42 Å². The van der Waals surface area contributed by atoms with E-state index < -0.39 is 10.0 Å². The molecule has 1 amide bonds. The van der Waals surface area contributed by atoms with Crippen molar-refractivity contribution in [2.45, 2.75) is 37.6 Å². The zero-order valence-electron chi connectivity index (χ0n) is 15.7. The number of anilines is 1. The van der Waals surface area contributed by atoms with Gasteiger partial charge in [0.05, 0.1) is 11.0 Å². The minimum atomic E-state index is -3.80. The molecule has 28 heavy (non-hydrogen) atoms. The standard InChI is InChI=1S/C20H22N4O3S/c1-16-13-18(24-12-3-6-20(24)25)7-8-19(16)28(26,27)23(11-4-9-21)15-17-5-2-10-22-14-17/h2,5,7-8,10,13-14H,3-4,6,11-12,15H2,1H3. The van der Waals surface area contributed by atoms with E-state index in [-0.39, 0.29) is 30.3 Å². The molecule has 1 fully saturated rings. The maximum Gasteiger partial charge on any atom is 0.243 e. The van der Waals surface area contributed by atoms with Crippen molar-refractivity contribution in [3.63, 3.8) is 0 Å². The molecule has 1 aromatic carbocycles. The zero-order valence-corrected chi connectivity index (χ0v) is 16.5. The fourth-order valence-electron chi connectivity index (χ4n) is 3.31. The van der Waals surface area contributed by atoms with Gasteiger partial charge in [-0.15, -0.1) is 0 Å². The van der Waals surface area contributed by atoms with Crippen molar-refractivity contribution in [1.29, 1.82) is 5.26 Å². The van der Waals surface area contributed by atoms with Crippen molar-refractivity contribution in [2.75, 3.05) is 18.0 Å². The molecule has 1 aliphatic heterocycles. The van der Waals surface area contributed by atoms with E-state index in [0.717, 1.165) is 17.7 Å². The maximum atomic E-state index is 13.3. The van der Waals surface area contributed by atoms with Gasteiger partial charge in [-0.05, 0) is 48.7 Å². The number of pyridine rings is 1. The summed E-state index contributed by atoms with van der Waals surface area (Å²) in [6.07, 6.45) is 4.67. The van der Waals surface area contributed by atoms with Crippen LogP contribution in [0.1, 0.15) is 30.4 Å². The van der Waals surface area contributed by atoms with E-state index in [9.17, 15) is 13.2 Å². The first-order valence-electron chi connectivity index (χ1n) is 9.10. The van der Waals surface area contributed by atoms with E-state index in [2.05, 4.69) is 4.98 Å². The highest BCUT2D eigenvalue weighted by molar-refractivity contribution is 7.89. The second-order valence-corrected chi connectivity index (χ2v) is 8.61. The Labute approximate surface area is 165 Å². The summed E-state index contributed by atoms with van der Waals surface area (Å²) in [7, 11) is -3.80. The molecule has 1 aromatic heterocycles. The van der Waals surface area contributed by atoms with Gasteiger partial charge in [0, 0.05) is 50.6 Å². The number of carbonyl (C=O) groups is 1. The van der Waals surface area contributed by atoms with Crippen LogP contribution in [-0.2, 0) is 21.4 Å². The number of aromatic nitrogens is 1. The Hall–Kier alpha value is -2.76. The van der Waals surface area contributed by atoms with Crippen molar-refractivity contribution in [3.8, 4) is 6.07 Å². The summed E-state index contributed by atoms with van der Waals surface area (Å²) in [5.74, 6) is 0.0576. The summed E-state index contributed by atoms with van der Waals surface area (Å²) >= 11 is 0. The molecular weight excluding hydrogens is 376 g/mol. The minimum Gasteiger partial charge on any atom is -0.312 e. The molecule has 0 bridgehead atoms. The Kier molecular flexibility index (Phi) is 6.07. The molecule has 0 spiro atoms. The smallest absolute Gasteiger partial charge is 0.243 e. The van der Waals surface area contributed by atoms with Gasteiger partial charge in [-0.3, -0.25) is 9.78 Å².